The number of hydrogen-bond donors (Lipinski definition) is 5. The Hall–Kier alpha value is -2.00. The van der Waals surface area contributed by atoms with E-state index in [0.717, 1.165) is 10.0 Å². The summed E-state index contributed by atoms with van der Waals surface area (Å²) < 4.78 is 14.7. The molecular formula is C16H17BrFN5O. The van der Waals surface area contributed by atoms with Gasteiger partial charge in [-0.2, -0.15) is 5.53 Å². The minimum atomic E-state index is -0.597. The van der Waals surface area contributed by atoms with E-state index in [4.69, 9.17) is 0 Å². The number of rotatable bonds is 5. The van der Waals surface area contributed by atoms with Crippen LogP contribution in [0.1, 0.15) is 5.56 Å². The third-order valence-corrected chi connectivity index (χ3v) is 4.16. The lowest BCUT2D eigenvalue weighted by atomic mass is 10.2. The second-order valence-electron chi connectivity index (χ2n) is 5.34. The molecule has 8 heteroatoms. The number of halogens is 2. The molecule has 126 valence electrons. The van der Waals surface area contributed by atoms with Gasteiger partial charge >= 0.3 is 0 Å². The summed E-state index contributed by atoms with van der Waals surface area (Å²) in [5.74, 6) is -0.579. The standard InChI is InChI=1S/C16H17BrFN5O/c17-11-7-5-10(6-8-11)9-19-16(24)14-15(22-23-21-14)20-13-4-2-1-3-12(13)18/h1-8,14-15,20-23H,9H2,(H,19,24). The molecule has 0 aromatic heterocycles. The van der Waals surface area contributed by atoms with E-state index in [1.54, 1.807) is 18.2 Å². The summed E-state index contributed by atoms with van der Waals surface area (Å²) in [4.78, 5) is 12.4. The van der Waals surface area contributed by atoms with Crippen LogP contribution in [0.25, 0.3) is 0 Å². The average molecular weight is 394 g/mol. The van der Waals surface area contributed by atoms with Gasteiger partial charge in [0.1, 0.15) is 18.0 Å². The number of hydrazine groups is 2. The van der Waals surface area contributed by atoms with Crippen molar-refractivity contribution in [3.63, 3.8) is 0 Å². The van der Waals surface area contributed by atoms with Crippen molar-refractivity contribution in [1.29, 1.82) is 0 Å². The van der Waals surface area contributed by atoms with Crippen LogP contribution < -0.4 is 27.0 Å². The largest absolute Gasteiger partial charge is 0.365 e. The molecule has 0 radical (unpaired) electrons. The molecule has 2 aromatic rings. The topological polar surface area (TPSA) is 77.2 Å². The molecule has 1 heterocycles. The Balaban J connectivity index is 1.59. The minimum absolute atomic E-state index is 0.204. The van der Waals surface area contributed by atoms with Crippen molar-refractivity contribution in [2.45, 2.75) is 18.8 Å². The molecule has 1 aliphatic rings. The van der Waals surface area contributed by atoms with E-state index in [1.165, 1.54) is 6.07 Å². The first kappa shape index (κ1) is 16.8. The molecule has 0 spiro atoms. The molecule has 1 amide bonds. The van der Waals surface area contributed by atoms with Gasteiger partial charge in [-0.25, -0.2) is 15.2 Å². The molecule has 1 saturated heterocycles. The first-order chi connectivity index (χ1) is 11.6. The highest BCUT2D eigenvalue weighted by Crippen LogP contribution is 2.15. The maximum atomic E-state index is 13.7. The smallest absolute Gasteiger partial charge is 0.242 e. The number of anilines is 1. The van der Waals surface area contributed by atoms with Gasteiger partial charge in [-0.1, -0.05) is 40.2 Å². The first-order valence-corrected chi connectivity index (χ1v) is 8.22. The Labute approximate surface area is 147 Å². The Morgan fingerprint density at radius 3 is 2.62 bits per heavy atom. The fraction of sp³-hybridized carbons (Fsp3) is 0.188. The fourth-order valence-corrected chi connectivity index (χ4v) is 2.61. The van der Waals surface area contributed by atoms with E-state index < -0.39 is 12.2 Å². The quantitative estimate of drug-likeness (QED) is 0.533. The highest BCUT2D eigenvalue weighted by atomic mass is 79.9. The number of carbonyl (C=O) groups is 1. The van der Waals surface area contributed by atoms with E-state index in [-0.39, 0.29) is 11.7 Å². The third kappa shape index (κ3) is 4.09. The van der Waals surface area contributed by atoms with Crippen LogP contribution in [0, 0.1) is 5.82 Å². The van der Waals surface area contributed by atoms with Crippen molar-refractivity contribution in [1.82, 2.24) is 21.7 Å². The van der Waals surface area contributed by atoms with Gasteiger partial charge in [-0.05, 0) is 29.8 Å². The average Bonchev–Trinajstić information content (AvgIpc) is 3.04. The van der Waals surface area contributed by atoms with Crippen molar-refractivity contribution >= 4 is 27.5 Å². The summed E-state index contributed by atoms with van der Waals surface area (Å²) >= 11 is 3.37. The summed E-state index contributed by atoms with van der Waals surface area (Å²) in [6.45, 7) is 0.413. The SMILES string of the molecule is O=C(NCc1ccc(Br)cc1)C1NNNC1Nc1ccccc1F. The monoisotopic (exact) mass is 393 g/mol. The Kier molecular flexibility index (Phi) is 5.41. The van der Waals surface area contributed by atoms with Gasteiger partial charge in [-0.15, -0.1) is 0 Å². The van der Waals surface area contributed by atoms with E-state index in [2.05, 4.69) is 42.9 Å². The van der Waals surface area contributed by atoms with Crippen molar-refractivity contribution < 1.29 is 9.18 Å². The predicted octanol–water partition coefficient (Wildman–Crippen LogP) is 1.62. The molecule has 2 unspecified atom stereocenters. The molecule has 3 rings (SSSR count). The number of para-hydroxylation sites is 1. The van der Waals surface area contributed by atoms with Crippen LogP contribution in [-0.2, 0) is 11.3 Å². The third-order valence-electron chi connectivity index (χ3n) is 3.64. The molecule has 2 atom stereocenters. The summed E-state index contributed by atoms with van der Waals surface area (Å²) in [5.41, 5.74) is 9.70. The predicted molar refractivity (Wildman–Crippen MR) is 93.0 cm³/mol. The van der Waals surface area contributed by atoms with Crippen LogP contribution in [0.3, 0.4) is 0 Å². The van der Waals surface area contributed by atoms with Crippen LogP contribution in [0.2, 0.25) is 0 Å². The molecule has 24 heavy (non-hydrogen) atoms. The summed E-state index contributed by atoms with van der Waals surface area (Å²) in [7, 11) is 0. The Morgan fingerprint density at radius 1 is 1.12 bits per heavy atom. The van der Waals surface area contributed by atoms with Crippen molar-refractivity contribution in [3.8, 4) is 0 Å². The van der Waals surface area contributed by atoms with E-state index in [9.17, 15) is 9.18 Å². The van der Waals surface area contributed by atoms with Crippen LogP contribution in [0.5, 0.6) is 0 Å². The maximum Gasteiger partial charge on any atom is 0.242 e. The highest BCUT2D eigenvalue weighted by Gasteiger charge is 2.32. The molecule has 6 nitrogen and oxygen atoms in total. The van der Waals surface area contributed by atoms with Gasteiger partial charge in [0.2, 0.25) is 5.91 Å². The van der Waals surface area contributed by atoms with Crippen LogP contribution in [0.4, 0.5) is 10.1 Å². The van der Waals surface area contributed by atoms with Crippen molar-refractivity contribution in [2.24, 2.45) is 0 Å². The molecule has 2 aromatic carbocycles. The van der Waals surface area contributed by atoms with E-state index >= 15 is 0 Å². The fourth-order valence-electron chi connectivity index (χ4n) is 2.35. The number of carbonyl (C=O) groups excluding carboxylic acids is 1. The molecule has 1 aliphatic heterocycles. The van der Waals surface area contributed by atoms with E-state index in [1.807, 2.05) is 24.3 Å². The lowest BCUT2D eigenvalue weighted by Crippen LogP contribution is -2.50. The second kappa shape index (κ2) is 7.71. The molecule has 0 saturated carbocycles. The van der Waals surface area contributed by atoms with Gasteiger partial charge in [0.15, 0.2) is 0 Å². The molecule has 5 N–H and O–H groups in total. The second-order valence-corrected chi connectivity index (χ2v) is 6.25. The van der Waals surface area contributed by atoms with Gasteiger partial charge in [0.25, 0.3) is 0 Å². The summed E-state index contributed by atoms with van der Waals surface area (Å²) in [6.07, 6.45) is -0.494. The Morgan fingerprint density at radius 2 is 1.88 bits per heavy atom. The van der Waals surface area contributed by atoms with Crippen LogP contribution in [-0.4, -0.2) is 18.1 Å². The Bertz CT molecular complexity index is 712. The maximum absolute atomic E-state index is 13.7. The zero-order valence-corrected chi connectivity index (χ0v) is 14.2. The number of nitrogens with one attached hydrogen (secondary N) is 5. The summed E-state index contributed by atoms with van der Waals surface area (Å²) in [6, 6.07) is 13.4. The van der Waals surface area contributed by atoms with E-state index in [0.29, 0.717) is 12.2 Å². The van der Waals surface area contributed by atoms with Gasteiger partial charge in [0, 0.05) is 11.0 Å². The minimum Gasteiger partial charge on any atom is -0.365 e. The van der Waals surface area contributed by atoms with Crippen molar-refractivity contribution in [2.75, 3.05) is 5.32 Å². The highest BCUT2D eigenvalue weighted by molar-refractivity contribution is 9.10. The molecule has 0 aliphatic carbocycles. The normalized spacial score (nSPS) is 19.9. The molecule has 1 fully saturated rings. The molecule has 0 bridgehead atoms. The number of benzene rings is 2. The summed E-state index contributed by atoms with van der Waals surface area (Å²) in [5, 5.41) is 5.83. The molecular weight excluding hydrogens is 377 g/mol. The van der Waals surface area contributed by atoms with Crippen molar-refractivity contribution in [3.05, 3.63) is 64.4 Å². The van der Waals surface area contributed by atoms with Gasteiger partial charge in [0.05, 0.1) is 5.69 Å². The van der Waals surface area contributed by atoms with Crippen LogP contribution >= 0.6 is 15.9 Å². The number of hydrogen-bond acceptors (Lipinski definition) is 5. The van der Waals surface area contributed by atoms with Gasteiger partial charge in [-0.3, -0.25) is 4.79 Å². The van der Waals surface area contributed by atoms with Gasteiger partial charge < -0.3 is 10.6 Å². The number of amides is 1. The van der Waals surface area contributed by atoms with Crippen LogP contribution in [0.15, 0.2) is 53.0 Å². The zero-order chi connectivity index (χ0) is 16.9. The zero-order valence-electron chi connectivity index (χ0n) is 12.6. The first-order valence-electron chi connectivity index (χ1n) is 7.43. The lowest BCUT2D eigenvalue weighted by Gasteiger charge is -2.20. The lowest BCUT2D eigenvalue weighted by molar-refractivity contribution is -0.123.